The van der Waals surface area contributed by atoms with Gasteiger partial charge in [-0.15, -0.1) is 0 Å². The second kappa shape index (κ2) is 8.98. The maximum atomic E-state index is 14.6. The van der Waals surface area contributed by atoms with Gasteiger partial charge in [-0.3, -0.25) is 4.99 Å². The summed E-state index contributed by atoms with van der Waals surface area (Å²) in [5.74, 6) is 2.17. The van der Waals surface area contributed by atoms with Crippen LogP contribution in [0.15, 0.2) is 53.8 Å². The number of aryl methyl sites for hydroxylation is 1. The Balaban J connectivity index is 1.29. The number of benzene rings is 2. The SMILES string of the molecule is CN=C(NCCc1ccc2c(c1)CCO2)NCc1ccc(-n2ccnc2C)c(F)c1. The van der Waals surface area contributed by atoms with Crippen molar-refractivity contribution in [2.75, 3.05) is 20.2 Å². The summed E-state index contributed by atoms with van der Waals surface area (Å²) in [6.07, 6.45) is 5.29. The Morgan fingerprint density at radius 3 is 2.83 bits per heavy atom. The van der Waals surface area contributed by atoms with Crippen LogP contribution >= 0.6 is 0 Å². The Morgan fingerprint density at radius 1 is 1.20 bits per heavy atom. The molecule has 1 aliphatic heterocycles. The molecule has 7 heteroatoms. The van der Waals surface area contributed by atoms with Crippen molar-refractivity contribution in [3.05, 3.63) is 77.1 Å². The van der Waals surface area contributed by atoms with E-state index in [0.29, 0.717) is 18.2 Å². The Kier molecular flexibility index (Phi) is 5.97. The molecule has 3 aromatic rings. The molecule has 0 saturated heterocycles. The van der Waals surface area contributed by atoms with E-state index in [1.165, 1.54) is 11.1 Å². The molecule has 2 N–H and O–H groups in total. The Morgan fingerprint density at radius 2 is 2.07 bits per heavy atom. The third kappa shape index (κ3) is 4.45. The van der Waals surface area contributed by atoms with Crippen LogP contribution in [0.5, 0.6) is 5.75 Å². The van der Waals surface area contributed by atoms with E-state index in [2.05, 4.69) is 32.7 Å². The van der Waals surface area contributed by atoms with Crippen molar-refractivity contribution >= 4 is 5.96 Å². The van der Waals surface area contributed by atoms with Gasteiger partial charge < -0.3 is 19.9 Å². The minimum Gasteiger partial charge on any atom is -0.493 e. The minimum atomic E-state index is -0.279. The molecule has 2 heterocycles. The summed E-state index contributed by atoms with van der Waals surface area (Å²) >= 11 is 0. The number of fused-ring (bicyclic) bond motifs is 1. The average Bonchev–Trinajstić information content (AvgIpc) is 3.39. The van der Waals surface area contributed by atoms with Crippen molar-refractivity contribution in [2.24, 2.45) is 4.99 Å². The second-order valence-corrected chi connectivity index (χ2v) is 7.27. The third-order valence-corrected chi connectivity index (χ3v) is 5.24. The van der Waals surface area contributed by atoms with Crippen molar-refractivity contribution < 1.29 is 9.13 Å². The third-order valence-electron chi connectivity index (χ3n) is 5.24. The molecule has 1 aliphatic rings. The number of imidazole rings is 1. The van der Waals surface area contributed by atoms with Crippen LogP contribution in [0.1, 0.15) is 22.5 Å². The molecule has 0 fully saturated rings. The molecule has 4 rings (SSSR count). The fraction of sp³-hybridized carbons (Fsp3) is 0.304. The number of nitrogens with zero attached hydrogens (tertiary/aromatic N) is 3. The van der Waals surface area contributed by atoms with Crippen LogP contribution in [0.2, 0.25) is 0 Å². The maximum Gasteiger partial charge on any atom is 0.191 e. The smallest absolute Gasteiger partial charge is 0.191 e. The number of ether oxygens (including phenoxy) is 1. The normalized spacial score (nSPS) is 13.1. The van der Waals surface area contributed by atoms with Crippen LogP contribution in [-0.2, 0) is 19.4 Å². The zero-order valence-electron chi connectivity index (χ0n) is 17.3. The first-order valence-corrected chi connectivity index (χ1v) is 10.1. The summed E-state index contributed by atoms with van der Waals surface area (Å²) in [5, 5.41) is 6.55. The monoisotopic (exact) mass is 407 g/mol. The van der Waals surface area contributed by atoms with Crippen molar-refractivity contribution in [2.45, 2.75) is 26.3 Å². The molecule has 0 spiro atoms. The zero-order chi connectivity index (χ0) is 20.9. The summed E-state index contributed by atoms with van der Waals surface area (Å²) in [4.78, 5) is 8.40. The number of aromatic nitrogens is 2. The summed E-state index contributed by atoms with van der Waals surface area (Å²) in [5.41, 5.74) is 3.90. The van der Waals surface area contributed by atoms with Gasteiger partial charge in [-0.25, -0.2) is 9.37 Å². The molecule has 0 aliphatic carbocycles. The Labute approximate surface area is 175 Å². The van der Waals surface area contributed by atoms with Crippen molar-refractivity contribution in [3.63, 3.8) is 0 Å². The summed E-state index contributed by atoms with van der Waals surface area (Å²) in [7, 11) is 1.73. The quantitative estimate of drug-likeness (QED) is 0.487. The van der Waals surface area contributed by atoms with Gasteiger partial charge >= 0.3 is 0 Å². The molecule has 0 atom stereocenters. The van der Waals surface area contributed by atoms with Gasteiger partial charge in [-0.1, -0.05) is 18.2 Å². The lowest BCUT2D eigenvalue weighted by atomic mass is 10.1. The number of guanidine groups is 1. The van der Waals surface area contributed by atoms with E-state index in [-0.39, 0.29) is 5.82 Å². The zero-order valence-corrected chi connectivity index (χ0v) is 17.3. The molecule has 0 radical (unpaired) electrons. The van der Waals surface area contributed by atoms with Gasteiger partial charge in [0.1, 0.15) is 17.4 Å². The standard InChI is InChI=1S/C23H26FN5O/c1-16-26-10-11-29(16)21-5-3-18(14-20(21)24)15-28-23(25-2)27-9-7-17-4-6-22-19(13-17)8-12-30-22/h3-6,10-11,13-14H,7-9,12,15H2,1-2H3,(H2,25,27,28). The largest absolute Gasteiger partial charge is 0.493 e. The summed E-state index contributed by atoms with van der Waals surface area (Å²) in [6, 6.07) is 11.6. The first-order chi connectivity index (χ1) is 14.6. The maximum absolute atomic E-state index is 14.6. The van der Waals surface area contributed by atoms with Gasteiger partial charge in [0.2, 0.25) is 0 Å². The molecular formula is C23H26FN5O. The first-order valence-electron chi connectivity index (χ1n) is 10.1. The number of aliphatic imine (C=N–C) groups is 1. The predicted octanol–water partition coefficient (Wildman–Crippen LogP) is 3.16. The van der Waals surface area contributed by atoms with E-state index >= 15 is 0 Å². The fourth-order valence-electron chi connectivity index (χ4n) is 3.62. The Hall–Kier alpha value is -3.35. The van der Waals surface area contributed by atoms with E-state index < -0.39 is 0 Å². The molecule has 6 nitrogen and oxygen atoms in total. The van der Waals surface area contributed by atoms with Crippen LogP contribution in [0.25, 0.3) is 5.69 Å². The van der Waals surface area contributed by atoms with E-state index in [1.54, 1.807) is 36.1 Å². The number of rotatable bonds is 6. The number of nitrogens with one attached hydrogen (secondary N) is 2. The number of halogens is 1. The van der Waals surface area contributed by atoms with Gasteiger partial charge in [0.25, 0.3) is 0 Å². The van der Waals surface area contributed by atoms with E-state index in [1.807, 2.05) is 19.1 Å². The predicted molar refractivity (Wildman–Crippen MR) is 116 cm³/mol. The van der Waals surface area contributed by atoms with Gasteiger partial charge in [0.05, 0.1) is 12.3 Å². The van der Waals surface area contributed by atoms with E-state index in [9.17, 15) is 4.39 Å². The Bertz CT molecular complexity index is 1060. The van der Waals surface area contributed by atoms with Gasteiger partial charge in [-0.05, 0) is 48.2 Å². The highest BCUT2D eigenvalue weighted by molar-refractivity contribution is 5.79. The van der Waals surface area contributed by atoms with Crippen molar-refractivity contribution in [1.82, 2.24) is 20.2 Å². The molecular weight excluding hydrogens is 381 g/mol. The second-order valence-electron chi connectivity index (χ2n) is 7.27. The topological polar surface area (TPSA) is 63.5 Å². The van der Waals surface area contributed by atoms with Crippen LogP contribution in [0.4, 0.5) is 4.39 Å². The summed E-state index contributed by atoms with van der Waals surface area (Å²) < 4.78 is 21.8. The van der Waals surface area contributed by atoms with Crippen molar-refractivity contribution in [3.8, 4) is 11.4 Å². The first kappa shape index (κ1) is 19.9. The highest BCUT2D eigenvalue weighted by atomic mass is 19.1. The molecule has 0 unspecified atom stereocenters. The molecule has 0 bridgehead atoms. The van der Waals surface area contributed by atoms with Crippen LogP contribution < -0.4 is 15.4 Å². The van der Waals surface area contributed by atoms with E-state index in [0.717, 1.165) is 43.1 Å². The lowest BCUT2D eigenvalue weighted by molar-refractivity contribution is 0.357. The van der Waals surface area contributed by atoms with Gasteiger partial charge in [-0.2, -0.15) is 0 Å². The summed E-state index contributed by atoms with van der Waals surface area (Å²) in [6.45, 7) is 3.86. The highest BCUT2D eigenvalue weighted by Crippen LogP contribution is 2.25. The molecule has 0 amide bonds. The van der Waals surface area contributed by atoms with Crippen LogP contribution in [-0.4, -0.2) is 35.7 Å². The number of hydrogen-bond donors (Lipinski definition) is 2. The average molecular weight is 407 g/mol. The number of hydrogen-bond acceptors (Lipinski definition) is 3. The molecule has 0 saturated carbocycles. The van der Waals surface area contributed by atoms with Crippen LogP contribution in [0.3, 0.4) is 0 Å². The molecule has 2 aromatic carbocycles. The molecule has 30 heavy (non-hydrogen) atoms. The lowest BCUT2D eigenvalue weighted by Crippen LogP contribution is -2.37. The van der Waals surface area contributed by atoms with Crippen LogP contribution in [0, 0.1) is 12.7 Å². The van der Waals surface area contributed by atoms with E-state index in [4.69, 9.17) is 4.74 Å². The molecule has 156 valence electrons. The van der Waals surface area contributed by atoms with Gasteiger partial charge in [0, 0.05) is 39.0 Å². The lowest BCUT2D eigenvalue weighted by Gasteiger charge is -2.13. The van der Waals surface area contributed by atoms with Gasteiger partial charge in [0.15, 0.2) is 5.96 Å². The highest BCUT2D eigenvalue weighted by Gasteiger charge is 2.12. The van der Waals surface area contributed by atoms with Crippen molar-refractivity contribution in [1.29, 1.82) is 0 Å². The molecule has 1 aromatic heterocycles. The fourth-order valence-corrected chi connectivity index (χ4v) is 3.62. The minimum absolute atomic E-state index is 0.279.